The van der Waals surface area contributed by atoms with Crippen molar-refractivity contribution >= 4 is 5.91 Å². The SMILES string of the molecule is CCNC(C)CC(=O)NCc1ccccc1OC(F)(F)F. The van der Waals surface area contributed by atoms with Crippen LogP contribution in [0.5, 0.6) is 5.75 Å². The lowest BCUT2D eigenvalue weighted by atomic mass is 10.2. The van der Waals surface area contributed by atoms with Gasteiger partial charge in [0.15, 0.2) is 0 Å². The number of rotatable bonds is 7. The van der Waals surface area contributed by atoms with Crippen molar-refractivity contribution in [1.82, 2.24) is 10.6 Å². The lowest BCUT2D eigenvalue weighted by Crippen LogP contribution is -2.33. The Kier molecular flexibility index (Phi) is 6.48. The summed E-state index contributed by atoms with van der Waals surface area (Å²) < 4.78 is 40.7. The Morgan fingerprint density at radius 1 is 1.33 bits per heavy atom. The van der Waals surface area contributed by atoms with Gasteiger partial charge in [-0.15, -0.1) is 13.2 Å². The fourth-order valence-corrected chi connectivity index (χ4v) is 1.84. The lowest BCUT2D eigenvalue weighted by Gasteiger charge is -2.15. The molecular weight excluding hydrogens is 285 g/mol. The zero-order valence-electron chi connectivity index (χ0n) is 12.0. The van der Waals surface area contributed by atoms with E-state index in [1.54, 1.807) is 6.07 Å². The third-order valence-electron chi connectivity index (χ3n) is 2.72. The molecule has 0 radical (unpaired) electrons. The van der Waals surface area contributed by atoms with Crippen molar-refractivity contribution in [1.29, 1.82) is 0 Å². The second-order valence-electron chi connectivity index (χ2n) is 4.60. The maximum Gasteiger partial charge on any atom is 0.573 e. The molecule has 7 heteroatoms. The van der Waals surface area contributed by atoms with Crippen LogP contribution in [0.3, 0.4) is 0 Å². The number of hydrogen-bond donors (Lipinski definition) is 2. The first-order valence-electron chi connectivity index (χ1n) is 6.65. The van der Waals surface area contributed by atoms with E-state index in [0.717, 1.165) is 6.54 Å². The molecule has 0 aliphatic carbocycles. The van der Waals surface area contributed by atoms with Gasteiger partial charge in [-0.2, -0.15) is 0 Å². The molecule has 0 fully saturated rings. The molecule has 0 aromatic heterocycles. The van der Waals surface area contributed by atoms with Crippen LogP contribution in [0.15, 0.2) is 24.3 Å². The van der Waals surface area contributed by atoms with Gasteiger partial charge in [0, 0.05) is 24.6 Å². The van der Waals surface area contributed by atoms with Crippen LogP contribution in [0.25, 0.3) is 0 Å². The summed E-state index contributed by atoms with van der Waals surface area (Å²) >= 11 is 0. The second kappa shape index (κ2) is 7.87. The van der Waals surface area contributed by atoms with Crippen molar-refractivity contribution in [3.8, 4) is 5.75 Å². The second-order valence-corrected chi connectivity index (χ2v) is 4.60. The van der Waals surface area contributed by atoms with E-state index in [9.17, 15) is 18.0 Å². The Balaban J connectivity index is 2.57. The van der Waals surface area contributed by atoms with Crippen LogP contribution in [-0.4, -0.2) is 24.9 Å². The number of hydrogen-bond acceptors (Lipinski definition) is 3. The number of halogens is 3. The molecule has 21 heavy (non-hydrogen) atoms. The summed E-state index contributed by atoms with van der Waals surface area (Å²) in [5, 5.41) is 5.67. The van der Waals surface area contributed by atoms with E-state index in [-0.39, 0.29) is 36.2 Å². The zero-order chi connectivity index (χ0) is 15.9. The molecule has 0 spiro atoms. The number of amides is 1. The molecule has 1 rings (SSSR count). The third-order valence-corrected chi connectivity index (χ3v) is 2.72. The van der Waals surface area contributed by atoms with E-state index in [1.807, 2.05) is 13.8 Å². The smallest absolute Gasteiger partial charge is 0.405 e. The van der Waals surface area contributed by atoms with Crippen LogP contribution in [0.1, 0.15) is 25.8 Å². The molecule has 1 atom stereocenters. The van der Waals surface area contributed by atoms with Gasteiger partial charge in [-0.3, -0.25) is 4.79 Å². The van der Waals surface area contributed by atoms with E-state index >= 15 is 0 Å². The molecule has 118 valence electrons. The number of alkyl halides is 3. The number of nitrogens with one attached hydrogen (secondary N) is 2. The molecular formula is C14H19F3N2O2. The predicted octanol–water partition coefficient (Wildman–Crippen LogP) is 2.59. The van der Waals surface area contributed by atoms with Crippen molar-refractivity contribution < 1.29 is 22.7 Å². The molecule has 1 aromatic carbocycles. The summed E-state index contributed by atoms with van der Waals surface area (Å²) in [5.41, 5.74) is 0.277. The number of benzene rings is 1. The summed E-state index contributed by atoms with van der Waals surface area (Å²) in [5.74, 6) is -0.532. The predicted molar refractivity (Wildman–Crippen MR) is 72.7 cm³/mol. The number of carbonyl (C=O) groups excluding carboxylic acids is 1. The fourth-order valence-electron chi connectivity index (χ4n) is 1.84. The summed E-state index contributed by atoms with van der Waals surface area (Å²) in [6.07, 6.45) is -4.49. The van der Waals surface area contributed by atoms with Crippen LogP contribution >= 0.6 is 0 Å². The Hall–Kier alpha value is -1.76. The molecule has 0 saturated carbocycles. The minimum Gasteiger partial charge on any atom is -0.405 e. The standard InChI is InChI=1S/C14H19F3N2O2/c1-3-18-10(2)8-13(20)19-9-11-6-4-5-7-12(11)21-14(15,16)17/h4-7,10,18H,3,8-9H2,1-2H3,(H,19,20). The highest BCUT2D eigenvalue weighted by Crippen LogP contribution is 2.26. The number of ether oxygens (including phenoxy) is 1. The Morgan fingerprint density at radius 2 is 2.00 bits per heavy atom. The quantitative estimate of drug-likeness (QED) is 0.814. The molecule has 0 saturated heterocycles. The van der Waals surface area contributed by atoms with Crippen LogP contribution in [0, 0.1) is 0 Å². The van der Waals surface area contributed by atoms with E-state index in [2.05, 4.69) is 15.4 Å². The first-order valence-corrected chi connectivity index (χ1v) is 6.65. The summed E-state index contributed by atoms with van der Waals surface area (Å²) in [6, 6.07) is 5.74. The molecule has 1 amide bonds. The van der Waals surface area contributed by atoms with Crippen molar-refractivity contribution in [2.45, 2.75) is 39.2 Å². The van der Waals surface area contributed by atoms with E-state index in [4.69, 9.17) is 0 Å². The maximum atomic E-state index is 12.3. The maximum absolute atomic E-state index is 12.3. The van der Waals surface area contributed by atoms with Gasteiger partial charge in [-0.05, 0) is 19.5 Å². The van der Waals surface area contributed by atoms with Crippen molar-refractivity contribution in [3.05, 3.63) is 29.8 Å². The summed E-state index contributed by atoms with van der Waals surface area (Å²) in [6.45, 7) is 4.53. The third kappa shape index (κ3) is 6.99. The van der Waals surface area contributed by atoms with Gasteiger partial charge in [0.2, 0.25) is 5.91 Å². The normalized spacial score (nSPS) is 12.8. The lowest BCUT2D eigenvalue weighted by molar-refractivity contribution is -0.274. The molecule has 0 aliphatic heterocycles. The molecule has 1 aromatic rings. The van der Waals surface area contributed by atoms with Crippen molar-refractivity contribution in [2.75, 3.05) is 6.54 Å². The average molecular weight is 304 g/mol. The van der Waals surface area contributed by atoms with Gasteiger partial charge in [0.05, 0.1) is 0 Å². The first kappa shape index (κ1) is 17.3. The van der Waals surface area contributed by atoms with Gasteiger partial charge in [0.25, 0.3) is 0 Å². The monoisotopic (exact) mass is 304 g/mol. The Morgan fingerprint density at radius 3 is 2.62 bits per heavy atom. The van der Waals surface area contributed by atoms with Crippen molar-refractivity contribution in [3.63, 3.8) is 0 Å². The van der Waals surface area contributed by atoms with Gasteiger partial charge < -0.3 is 15.4 Å². The van der Waals surface area contributed by atoms with Gasteiger partial charge in [0.1, 0.15) is 5.75 Å². The van der Waals surface area contributed by atoms with Gasteiger partial charge >= 0.3 is 6.36 Å². The Labute approximate surface area is 121 Å². The molecule has 0 bridgehead atoms. The highest BCUT2D eigenvalue weighted by molar-refractivity contribution is 5.76. The number of para-hydroxylation sites is 1. The highest BCUT2D eigenvalue weighted by Gasteiger charge is 2.31. The van der Waals surface area contributed by atoms with Crippen molar-refractivity contribution in [2.24, 2.45) is 0 Å². The van der Waals surface area contributed by atoms with E-state index in [1.165, 1.54) is 18.2 Å². The Bertz CT molecular complexity index is 464. The summed E-state index contributed by atoms with van der Waals surface area (Å²) in [7, 11) is 0. The van der Waals surface area contributed by atoms with Gasteiger partial charge in [-0.1, -0.05) is 25.1 Å². The highest BCUT2D eigenvalue weighted by atomic mass is 19.4. The van der Waals surface area contributed by atoms with Crippen LogP contribution in [0.2, 0.25) is 0 Å². The largest absolute Gasteiger partial charge is 0.573 e. The zero-order valence-corrected chi connectivity index (χ0v) is 12.0. The minimum absolute atomic E-state index is 0.00999. The van der Waals surface area contributed by atoms with Crippen LogP contribution in [0.4, 0.5) is 13.2 Å². The molecule has 0 aliphatic rings. The molecule has 2 N–H and O–H groups in total. The first-order chi connectivity index (χ1) is 9.81. The number of carbonyl (C=O) groups is 1. The summed E-state index contributed by atoms with van der Waals surface area (Å²) in [4.78, 5) is 11.7. The van der Waals surface area contributed by atoms with E-state index < -0.39 is 6.36 Å². The average Bonchev–Trinajstić information content (AvgIpc) is 2.36. The minimum atomic E-state index is -4.75. The molecule has 0 heterocycles. The van der Waals surface area contributed by atoms with Crippen LogP contribution < -0.4 is 15.4 Å². The molecule has 1 unspecified atom stereocenters. The van der Waals surface area contributed by atoms with E-state index in [0.29, 0.717) is 0 Å². The topological polar surface area (TPSA) is 50.4 Å². The van der Waals surface area contributed by atoms with Crippen LogP contribution in [-0.2, 0) is 11.3 Å². The van der Waals surface area contributed by atoms with Gasteiger partial charge in [-0.25, -0.2) is 0 Å². The molecule has 4 nitrogen and oxygen atoms in total. The fraction of sp³-hybridized carbons (Fsp3) is 0.500.